The van der Waals surface area contributed by atoms with Crippen LogP contribution >= 0.6 is 34.2 Å². The molecular formula is C11H8ClIN4O3. The van der Waals surface area contributed by atoms with E-state index in [9.17, 15) is 14.7 Å². The number of carboxylic acid groups (broad SMARTS) is 1. The van der Waals surface area contributed by atoms with Crippen LogP contribution in [0.15, 0.2) is 18.2 Å². The van der Waals surface area contributed by atoms with E-state index in [-0.39, 0.29) is 22.1 Å². The molecule has 20 heavy (non-hydrogen) atoms. The van der Waals surface area contributed by atoms with Crippen molar-refractivity contribution >= 4 is 51.8 Å². The summed E-state index contributed by atoms with van der Waals surface area (Å²) in [6, 6.07) is 4.92. The van der Waals surface area contributed by atoms with E-state index in [4.69, 9.17) is 23.1 Å². The van der Waals surface area contributed by atoms with E-state index in [0.717, 1.165) is 8.25 Å². The van der Waals surface area contributed by atoms with E-state index in [1.807, 2.05) is 0 Å². The average molecular weight is 407 g/mol. The van der Waals surface area contributed by atoms with E-state index < -0.39 is 11.9 Å². The predicted octanol–water partition coefficient (Wildman–Crippen LogP) is 1.51. The number of hydrogen-bond donors (Lipinski definition) is 3. The number of nitrogens with zero attached hydrogens (tertiary/aromatic N) is 2. The number of amides is 1. The highest BCUT2D eigenvalue weighted by Gasteiger charge is 2.25. The first-order chi connectivity index (χ1) is 9.32. The minimum atomic E-state index is -1.34. The van der Waals surface area contributed by atoms with E-state index in [1.54, 1.807) is 18.2 Å². The number of halogens is 2. The molecule has 104 valence electrons. The molecule has 0 saturated carbocycles. The number of hydrogen-bond acceptors (Lipinski definition) is 4. The molecule has 0 spiro atoms. The lowest BCUT2D eigenvalue weighted by Gasteiger charge is -2.07. The van der Waals surface area contributed by atoms with E-state index in [2.05, 4.69) is 27.7 Å². The molecule has 0 atom stereocenters. The van der Waals surface area contributed by atoms with Crippen molar-refractivity contribution in [1.82, 2.24) is 9.78 Å². The summed E-state index contributed by atoms with van der Waals surface area (Å²) in [5.41, 5.74) is 10.1. The van der Waals surface area contributed by atoms with Crippen LogP contribution < -0.4 is 11.5 Å². The highest BCUT2D eigenvalue weighted by Crippen LogP contribution is 2.27. The second-order valence-electron chi connectivity index (χ2n) is 3.79. The van der Waals surface area contributed by atoms with Crippen molar-refractivity contribution in [1.29, 1.82) is 0 Å². The summed E-state index contributed by atoms with van der Waals surface area (Å²) >= 11 is 8.12. The number of carbonyl (C=O) groups excluding carboxylic acids is 1. The monoisotopic (exact) mass is 406 g/mol. The number of primary amides is 1. The summed E-state index contributed by atoms with van der Waals surface area (Å²) in [7, 11) is 0. The molecule has 1 aromatic heterocycles. The molecule has 5 N–H and O–H groups in total. The first kappa shape index (κ1) is 14.6. The number of carboxylic acids is 1. The van der Waals surface area contributed by atoms with Gasteiger partial charge >= 0.3 is 5.97 Å². The molecule has 0 radical (unpaired) electrons. The smallest absolute Gasteiger partial charge is 0.356 e. The van der Waals surface area contributed by atoms with Gasteiger partial charge in [-0.3, -0.25) is 4.79 Å². The zero-order valence-corrected chi connectivity index (χ0v) is 12.7. The fourth-order valence-electron chi connectivity index (χ4n) is 1.65. The molecule has 0 aliphatic carbocycles. The maximum absolute atomic E-state index is 11.3. The first-order valence-corrected chi connectivity index (χ1v) is 6.65. The first-order valence-electron chi connectivity index (χ1n) is 5.20. The molecule has 1 aromatic carbocycles. The van der Waals surface area contributed by atoms with Crippen LogP contribution in [0.3, 0.4) is 0 Å². The Morgan fingerprint density at radius 2 is 2.05 bits per heavy atom. The van der Waals surface area contributed by atoms with Gasteiger partial charge in [0.05, 0.1) is 16.4 Å². The second-order valence-corrected chi connectivity index (χ2v) is 5.44. The molecule has 2 rings (SSSR count). The number of nitrogens with two attached hydrogens (primary N) is 2. The van der Waals surface area contributed by atoms with Gasteiger partial charge in [-0.05, 0) is 40.8 Å². The van der Waals surface area contributed by atoms with Crippen LogP contribution in [0.5, 0.6) is 0 Å². The van der Waals surface area contributed by atoms with Gasteiger partial charge in [0.1, 0.15) is 0 Å². The summed E-state index contributed by atoms with van der Waals surface area (Å²) in [4.78, 5) is 22.5. The van der Waals surface area contributed by atoms with E-state index >= 15 is 0 Å². The largest absolute Gasteiger partial charge is 0.476 e. The number of aromatic carboxylic acids is 1. The number of anilines is 1. The predicted molar refractivity (Wildman–Crippen MR) is 81.2 cm³/mol. The zero-order chi connectivity index (χ0) is 15.0. The summed E-state index contributed by atoms with van der Waals surface area (Å²) in [6.07, 6.45) is 0. The average Bonchev–Trinajstić information content (AvgIpc) is 2.66. The van der Waals surface area contributed by atoms with Gasteiger partial charge in [0.15, 0.2) is 11.4 Å². The maximum atomic E-state index is 11.3. The van der Waals surface area contributed by atoms with Gasteiger partial charge in [-0.1, -0.05) is 11.6 Å². The third kappa shape index (κ3) is 2.43. The van der Waals surface area contributed by atoms with Gasteiger partial charge in [0.25, 0.3) is 5.91 Å². The lowest BCUT2D eigenvalue weighted by molar-refractivity contribution is 0.0688. The fraction of sp³-hybridized carbons (Fsp3) is 0. The van der Waals surface area contributed by atoms with Gasteiger partial charge in [-0.2, -0.15) is 5.10 Å². The second kappa shape index (κ2) is 5.29. The van der Waals surface area contributed by atoms with Gasteiger partial charge in [0.2, 0.25) is 0 Å². The standard InChI is InChI=1S/C11H8ClIN4O3/c12-5-3-4(13)1-2-6(5)17-9(11(19)20)7(14)8(16-17)10(15)18/h1-3H,14H2,(H2,15,18)(H,19,20). The van der Waals surface area contributed by atoms with Crippen LogP contribution in [0.25, 0.3) is 5.69 Å². The third-order valence-corrected chi connectivity index (χ3v) is 3.47. The van der Waals surface area contributed by atoms with E-state index in [1.165, 1.54) is 0 Å². The Morgan fingerprint density at radius 1 is 1.40 bits per heavy atom. The normalized spacial score (nSPS) is 10.5. The van der Waals surface area contributed by atoms with Crippen LogP contribution in [-0.4, -0.2) is 26.8 Å². The Kier molecular flexibility index (Phi) is 3.86. The van der Waals surface area contributed by atoms with Crippen molar-refractivity contribution < 1.29 is 14.7 Å². The zero-order valence-electron chi connectivity index (χ0n) is 9.80. The summed E-state index contributed by atoms with van der Waals surface area (Å²) in [5.74, 6) is -2.25. The Bertz CT molecular complexity index is 729. The van der Waals surface area contributed by atoms with Crippen LogP contribution in [-0.2, 0) is 0 Å². The number of carbonyl (C=O) groups is 2. The van der Waals surface area contributed by atoms with Crippen LogP contribution in [0.1, 0.15) is 21.0 Å². The number of benzene rings is 1. The number of aromatic nitrogens is 2. The topological polar surface area (TPSA) is 124 Å². The minimum absolute atomic E-state index is 0.276. The molecule has 1 amide bonds. The Labute approximate surface area is 131 Å². The molecule has 0 saturated heterocycles. The molecule has 7 nitrogen and oxygen atoms in total. The van der Waals surface area contributed by atoms with Crippen molar-refractivity contribution in [2.45, 2.75) is 0 Å². The fourth-order valence-corrected chi connectivity index (χ4v) is 2.58. The van der Waals surface area contributed by atoms with E-state index in [0.29, 0.717) is 5.69 Å². The van der Waals surface area contributed by atoms with Gasteiger partial charge in [-0.25, -0.2) is 9.48 Å². The quantitative estimate of drug-likeness (QED) is 0.667. The molecule has 0 aliphatic heterocycles. The molecule has 0 aliphatic rings. The van der Waals surface area contributed by atoms with Gasteiger partial charge in [-0.15, -0.1) is 0 Å². The highest BCUT2D eigenvalue weighted by atomic mass is 127. The summed E-state index contributed by atoms with van der Waals surface area (Å²) < 4.78 is 1.86. The summed E-state index contributed by atoms with van der Waals surface area (Å²) in [5, 5.41) is 13.3. The molecule has 9 heteroatoms. The van der Waals surface area contributed by atoms with Crippen LogP contribution in [0.2, 0.25) is 5.02 Å². The van der Waals surface area contributed by atoms with Crippen molar-refractivity contribution in [3.05, 3.63) is 38.2 Å². The van der Waals surface area contributed by atoms with Gasteiger partial charge in [0, 0.05) is 3.57 Å². The summed E-state index contributed by atoms with van der Waals surface area (Å²) in [6.45, 7) is 0. The SMILES string of the molecule is NC(=O)c1nn(-c2ccc(I)cc2Cl)c(C(=O)O)c1N. The van der Waals surface area contributed by atoms with Crippen molar-refractivity contribution in [2.24, 2.45) is 5.73 Å². The highest BCUT2D eigenvalue weighted by molar-refractivity contribution is 14.1. The number of rotatable bonds is 3. The van der Waals surface area contributed by atoms with Crippen molar-refractivity contribution in [3.63, 3.8) is 0 Å². The Balaban J connectivity index is 2.76. The third-order valence-electron chi connectivity index (χ3n) is 2.50. The lowest BCUT2D eigenvalue weighted by atomic mass is 10.2. The molecule has 1 heterocycles. The maximum Gasteiger partial charge on any atom is 0.356 e. The number of nitrogen functional groups attached to an aromatic ring is 1. The molecule has 2 aromatic rings. The van der Waals surface area contributed by atoms with Crippen LogP contribution in [0, 0.1) is 3.57 Å². The molecule has 0 unspecified atom stereocenters. The molecule has 0 fully saturated rings. The molecule has 0 bridgehead atoms. The van der Waals surface area contributed by atoms with Crippen LogP contribution in [0.4, 0.5) is 5.69 Å². The lowest BCUT2D eigenvalue weighted by Crippen LogP contribution is -2.14. The van der Waals surface area contributed by atoms with Crippen molar-refractivity contribution in [3.8, 4) is 5.69 Å². The Hall–Kier alpha value is -1.81. The molecular weight excluding hydrogens is 399 g/mol. The van der Waals surface area contributed by atoms with Crippen molar-refractivity contribution in [2.75, 3.05) is 5.73 Å². The van der Waals surface area contributed by atoms with Gasteiger partial charge < -0.3 is 16.6 Å². The minimum Gasteiger partial charge on any atom is -0.476 e. The Morgan fingerprint density at radius 3 is 2.55 bits per heavy atom.